The van der Waals surface area contributed by atoms with E-state index in [0.29, 0.717) is 5.69 Å². The second kappa shape index (κ2) is 6.50. The fraction of sp³-hybridized carbons (Fsp3) is 0.471. The summed E-state index contributed by atoms with van der Waals surface area (Å²) >= 11 is 0. The van der Waals surface area contributed by atoms with Crippen molar-refractivity contribution in [1.29, 1.82) is 0 Å². The van der Waals surface area contributed by atoms with Crippen LogP contribution in [0.5, 0.6) is 0 Å². The van der Waals surface area contributed by atoms with E-state index in [1.165, 1.54) is 7.11 Å². The van der Waals surface area contributed by atoms with E-state index >= 15 is 0 Å². The third-order valence-corrected chi connectivity index (χ3v) is 4.43. The number of rotatable bonds is 4. The molecule has 1 aliphatic carbocycles. The molecule has 1 saturated carbocycles. The molecule has 1 heterocycles. The van der Waals surface area contributed by atoms with Gasteiger partial charge in [0.1, 0.15) is 11.3 Å². The highest BCUT2D eigenvalue weighted by Crippen LogP contribution is 2.35. The van der Waals surface area contributed by atoms with Crippen molar-refractivity contribution in [3.63, 3.8) is 0 Å². The number of nitrogens with zero attached hydrogens (tertiary/aromatic N) is 3. The number of ether oxygens (including phenoxy) is 1. The van der Waals surface area contributed by atoms with Crippen LogP contribution in [-0.2, 0) is 21.6 Å². The van der Waals surface area contributed by atoms with Gasteiger partial charge in [-0.25, -0.2) is 4.68 Å². The van der Waals surface area contributed by atoms with Crippen molar-refractivity contribution in [1.82, 2.24) is 15.0 Å². The third-order valence-electron chi connectivity index (χ3n) is 4.43. The monoisotopic (exact) mass is 315 g/mol. The fourth-order valence-electron chi connectivity index (χ4n) is 3.00. The van der Waals surface area contributed by atoms with Crippen LogP contribution in [0.15, 0.2) is 30.5 Å². The van der Waals surface area contributed by atoms with Crippen LogP contribution in [0.4, 0.5) is 0 Å². The molecule has 0 saturated heterocycles. The predicted molar refractivity (Wildman–Crippen MR) is 84.1 cm³/mol. The van der Waals surface area contributed by atoms with Gasteiger partial charge in [-0.05, 0) is 30.5 Å². The quantitative estimate of drug-likeness (QED) is 0.875. The van der Waals surface area contributed by atoms with Gasteiger partial charge in [0, 0.05) is 0 Å². The average molecular weight is 315 g/mol. The molecule has 0 radical (unpaired) electrons. The Morgan fingerprint density at radius 2 is 1.96 bits per heavy atom. The van der Waals surface area contributed by atoms with Gasteiger partial charge in [0.05, 0.1) is 25.4 Å². The van der Waals surface area contributed by atoms with Gasteiger partial charge >= 0.3 is 5.97 Å². The SMILES string of the molecule is COC(=O)Cc1ccc(-n2cc(C3(O)CCCCC3)nn2)cc1. The highest BCUT2D eigenvalue weighted by Gasteiger charge is 2.34. The lowest BCUT2D eigenvalue weighted by Gasteiger charge is -2.29. The summed E-state index contributed by atoms with van der Waals surface area (Å²) < 4.78 is 6.31. The molecule has 23 heavy (non-hydrogen) atoms. The minimum absolute atomic E-state index is 0.249. The van der Waals surface area contributed by atoms with Gasteiger partial charge in [0.15, 0.2) is 0 Å². The Hall–Kier alpha value is -2.21. The molecule has 0 spiro atoms. The molecule has 6 nitrogen and oxygen atoms in total. The summed E-state index contributed by atoms with van der Waals surface area (Å²) in [4.78, 5) is 11.3. The van der Waals surface area contributed by atoms with E-state index in [1.54, 1.807) is 10.9 Å². The largest absolute Gasteiger partial charge is 0.469 e. The molecule has 0 atom stereocenters. The first-order valence-electron chi connectivity index (χ1n) is 7.92. The minimum atomic E-state index is -0.846. The molecule has 1 aromatic heterocycles. The Kier molecular flexibility index (Phi) is 4.43. The zero-order valence-electron chi connectivity index (χ0n) is 13.2. The van der Waals surface area contributed by atoms with Crippen LogP contribution < -0.4 is 0 Å². The van der Waals surface area contributed by atoms with Gasteiger partial charge in [-0.2, -0.15) is 0 Å². The lowest BCUT2D eigenvalue weighted by molar-refractivity contribution is -0.139. The number of carbonyl (C=O) groups excluding carboxylic acids is 1. The average Bonchev–Trinajstić information content (AvgIpc) is 3.07. The van der Waals surface area contributed by atoms with Crippen molar-refractivity contribution in [2.75, 3.05) is 7.11 Å². The van der Waals surface area contributed by atoms with Crippen LogP contribution in [0.1, 0.15) is 43.4 Å². The Balaban J connectivity index is 1.76. The number of esters is 1. The zero-order chi connectivity index (χ0) is 16.3. The van der Waals surface area contributed by atoms with Gasteiger partial charge in [-0.15, -0.1) is 5.10 Å². The lowest BCUT2D eigenvalue weighted by atomic mass is 9.83. The molecule has 3 rings (SSSR count). The number of aromatic nitrogens is 3. The van der Waals surface area contributed by atoms with Crippen LogP contribution in [-0.4, -0.2) is 33.2 Å². The molecule has 0 aliphatic heterocycles. The van der Waals surface area contributed by atoms with E-state index < -0.39 is 5.60 Å². The van der Waals surface area contributed by atoms with E-state index in [4.69, 9.17) is 0 Å². The first-order chi connectivity index (χ1) is 11.1. The highest BCUT2D eigenvalue weighted by molar-refractivity contribution is 5.72. The van der Waals surface area contributed by atoms with Crippen molar-refractivity contribution < 1.29 is 14.6 Å². The van der Waals surface area contributed by atoms with Crippen LogP contribution >= 0.6 is 0 Å². The highest BCUT2D eigenvalue weighted by atomic mass is 16.5. The Bertz CT molecular complexity index is 673. The van der Waals surface area contributed by atoms with Crippen molar-refractivity contribution >= 4 is 5.97 Å². The molecule has 0 amide bonds. The third kappa shape index (κ3) is 3.42. The summed E-state index contributed by atoms with van der Waals surface area (Å²) in [6.45, 7) is 0. The van der Waals surface area contributed by atoms with Gasteiger partial charge in [0.25, 0.3) is 0 Å². The van der Waals surface area contributed by atoms with Gasteiger partial charge < -0.3 is 9.84 Å². The van der Waals surface area contributed by atoms with Crippen LogP contribution in [0.25, 0.3) is 5.69 Å². The summed E-state index contributed by atoms with van der Waals surface area (Å²) in [7, 11) is 1.38. The fourth-order valence-corrected chi connectivity index (χ4v) is 3.00. The summed E-state index contributed by atoms with van der Waals surface area (Å²) in [5.74, 6) is -0.264. The first kappa shape index (κ1) is 15.7. The Morgan fingerprint density at radius 1 is 1.26 bits per heavy atom. The van der Waals surface area contributed by atoms with Crippen molar-refractivity contribution in [3.05, 3.63) is 41.7 Å². The second-order valence-corrected chi connectivity index (χ2v) is 6.06. The van der Waals surface area contributed by atoms with Crippen LogP contribution in [0.3, 0.4) is 0 Å². The van der Waals surface area contributed by atoms with E-state index in [1.807, 2.05) is 24.3 Å². The predicted octanol–water partition coefficient (Wildman–Crippen LogP) is 2.13. The van der Waals surface area contributed by atoms with Crippen LogP contribution in [0, 0.1) is 0 Å². The molecule has 0 bridgehead atoms. The molecule has 122 valence electrons. The number of hydrogen-bond acceptors (Lipinski definition) is 5. The number of methoxy groups -OCH3 is 1. The molecule has 6 heteroatoms. The molecular weight excluding hydrogens is 294 g/mol. The Labute approximate surface area is 135 Å². The number of hydrogen-bond donors (Lipinski definition) is 1. The van der Waals surface area contributed by atoms with E-state index in [2.05, 4.69) is 15.0 Å². The summed E-state index contributed by atoms with van der Waals surface area (Å²) in [6, 6.07) is 7.48. The zero-order valence-corrected chi connectivity index (χ0v) is 13.2. The summed E-state index contributed by atoms with van der Waals surface area (Å²) in [5.41, 5.74) is 1.51. The molecule has 1 aliphatic rings. The van der Waals surface area contributed by atoms with E-state index in [0.717, 1.165) is 43.4 Å². The maximum absolute atomic E-state index is 11.3. The molecule has 1 N–H and O–H groups in total. The van der Waals surface area contributed by atoms with Crippen molar-refractivity contribution in [2.24, 2.45) is 0 Å². The molecule has 1 fully saturated rings. The molecule has 1 aromatic carbocycles. The van der Waals surface area contributed by atoms with Crippen LogP contribution in [0.2, 0.25) is 0 Å². The topological polar surface area (TPSA) is 77.2 Å². The number of aliphatic hydroxyl groups is 1. The van der Waals surface area contributed by atoms with Gasteiger partial charge in [-0.1, -0.05) is 36.6 Å². The molecule has 2 aromatic rings. The standard InChI is InChI=1S/C17H21N3O3/c1-23-16(21)11-13-5-7-14(8-6-13)20-12-15(18-19-20)17(22)9-3-2-4-10-17/h5-8,12,22H,2-4,9-11H2,1H3. The van der Waals surface area contributed by atoms with Gasteiger partial charge in [0.2, 0.25) is 0 Å². The molecule has 0 unspecified atom stereocenters. The number of carbonyl (C=O) groups is 1. The number of benzene rings is 1. The van der Waals surface area contributed by atoms with E-state index in [9.17, 15) is 9.90 Å². The maximum atomic E-state index is 11.3. The van der Waals surface area contributed by atoms with E-state index in [-0.39, 0.29) is 12.4 Å². The summed E-state index contributed by atoms with van der Waals surface area (Å²) in [6.07, 6.45) is 6.72. The van der Waals surface area contributed by atoms with Crippen molar-refractivity contribution in [2.45, 2.75) is 44.1 Å². The minimum Gasteiger partial charge on any atom is -0.469 e. The lowest BCUT2D eigenvalue weighted by Crippen LogP contribution is -2.28. The smallest absolute Gasteiger partial charge is 0.309 e. The second-order valence-electron chi connectivity index (χ2n) is 6.06. The normalized spacial score (nSPS) is 17.0. The van der Waals surface area contributed by atoms with Crippen molar-refractivity contribution in [3.8, 4) is 5.69 Å². The molecular formula is C17H21N3O3. The Morgan fingerprint density at radius 3 is 2.61 bits per heavy atom. The first-order valence-corrected chi connectivity index (χ1v) is 7.92. The maximum Gasteiger partial charge on any atom is 0.309 e. The van der Waals surface area contributed by atoms with Gasteiger partial charge in [-0.3, -0.25) is 4.79 Å². The summed E-state index contributed by atoms with van der Waals surface area (Å²) in [5, 5.41) is 19.0.